The van der Waals surface area contributed by atoms with E-state index in [1.165, 1.54) is 16.7 Å². The van der Waals surface area contributed by atoms with Crippen molar-refractivity contribution >= 4 is 11.9 Å². The Morgan fingerprint density at radius 3 is 2.83 bits per heavy atom. The van der Waals surface area contributed by atoms with Crippen molar-refractivity contribution in [3.63, 3.8) is 0 Å². The van der Waals surface area contributed by atoms with Crippen molar-refractivity contribution in [2.75, 3.05) is 0 Å². The quantitative estimate of drug-likeness (QED) is 0.715. The maximum absolute atomic E-state index is 11.4. The van der Waals surface area contributed by atoms with E-state index in [9.17, 15) is 4.79 Å². The Bertz CT molecular complexity index is 627. The maximum atomic E-state index is 11.4. The van der Waals surface area contributed by atoms with Crippen LogP contribution in [0.1, 0.15) is 11.1 Å². The highest BCUT2D eigenvalue weighted by molar-refractivity contribution is 6.03. The molecule has 3 rings (SSSR count). The third-order valence-corrected chi connectivity index (χ3v) is 3.45. The highest BCUT2D eigenvalue weighted by Gasteiger charge is 2.27. The van der Waals surface area contributed by atoms with Crippen molar-refractivity contribution in [3.8, 4) is 0 Å². The first-order valence-corrected chi connectivity index (χ1v) is 6.00. The van der Waals surface area contributed by atoms with E-state index >= 15 is 0 Å². The molecule has 0 aromatic heterocycles. The summed E-state index contributed by atoms with van der Waals surface area (Å²) >= 11 is 0. The first-order chi connectivity index (χ1) is 8.85. The lowest BCUT2D eigenvalue weighted by molar-refractivity contribution is -0.104. The molecular weight excluding hydrogens is 220 g/mol. The molecule has 0 bridgehead atoms. The lowest BCUT2D eigenvalue weighted by Gasteiger charge is -2.16. The number of carbonyl (C=O) groups is 1. The Morgan fingerprint density at radius 2 is 2.06 bits per heavy atom. The van der Waals surface area contributed by atoms with Crippen molar-refractivity contribution in [1.82, 2.24) is 0 Å². The second-order valence-corrected chi connectivity index (χ2v) is 4.46. The van der Waals surface area contributed by atoms with Crippen LogP contribution in [-0.2, 0) is 11.2 Å². The van der Waals surface area contributed by atoms with Crippen LogP contribution in [0.15, 0.2) is 65.8 Å². The molecule has 0 heterocycles. The Labute approximate surface area is 107 Å². The molecule has 0 amide bonds. The summed E-state index contributed by atoms with van der Waals surface area (Å²) in [4.78, 5) is 11.4. The van der Waals surface area contributed by atoms with Gasteiger partial charge in [-0.2, -0.15) is 0 Å². The van der Waals surface area contributed by atoms with E-state index in [1.807, 2.05) is 24.6 Å². The van der Waals surface area contributed by atoms with Crippen LogP contribution in [0.25, 0.3) is 5.57 Å². The van der Waals surface area contributed by atoms with Gasteiger partial charge in [0.2, 0.25) is 0 Å². The predicted molar refractivity (Wildman–Crippen MR) is 73.8 cm³/mol. The Hall–Kier alpha value is -2.15. The van der Waals surface area contributed by atoms with Crippen LogP contribution in [-0.4, -0.2) is 6.29 Å². The van der Waals surface area contributed by atoms with Gasteiger partial charge in [0.1, 0.15) is 0 Å². The fraction of sp³-hybridized carbons (Fsp3) is 0.0588. The molecule has 1 nitrogen and oxygen atoms in total. The SMILES string of the molecule is C=C/C=C1/[CH]C=C2Cc3ccccc3C2=C1C=O. The van der Waals surface area contributed by atoms with Gasteiger partial charge in [0.15, 0.2) is 6.29 Å². The van der Waals surface area contributed by atoms with Gasteiger partial charge in [-0.25, -0.2) is 0 Å². The molecule has 0 unspecified atom stereocenters. The van der Waals surface area contributed by atoms with Crippen molar-refractivity contribution in [1.29, 1.82) is 0 Å². The van der Waals surface area contributed by atoms with Crippen molar-refractivity contribution in [2.45, 2.75) is 6.42 Å². The minimum atomic E-state index is 0.775. The van der Waals surface area contributed by atoms with Gasteiger partial charge in [0.05, 0.1) is 0 Å². The topological polar surface area (TPSA) is 17.1 Å². The van der Waals surface area contributed by atoms with Gasteiger partial charge in [-0.15, -0.1) is 0 Å². The standard InChI is InChI=1S/C17H13O/c1-2-5-12-8-9-14-10-13-6-3-4-7-15(13)17(14)16(12)11-18/h2-9,11H,1,10H2/b12-5-. The van der Waals surface area contributed by atoms with Crippen LogP contribution in [0.2, 0.25) is 0 Å². The zero-order valence-corrected chi connectivity index (χ0v) is 10.0. The third kappa shape index (κ3) is 1.52. The summed E-state index contributed by atoms with van der Waals surface area (Å²) in [6.07, 6.45) is 9.57. The van der Waals surface area contributed by atoms with Gasteiger partial charge in [-0.1, -0.05) is 49.1 Å². The normalized spacial score (nSPS) is 19.3. The van der Waals surface area contributed by atoms with Crippen molar-refractivity contribution in [3.05, 3.63) is 83.3 Å². The van der Waals surface area contributed by atoms with Crippen LogP contribution in [0.5, 0.6) is 0 Å². The molecule has 2 aliphatic rings. The smallest absolute Gasteiger partial charge is 0.150 e. The average Bonchev–Trinajstić information content (AvgIpc) is 2.78. The summed E-state index contributed by atoms with van der Waals surface area (Å²) in [5, 5.41) is 0. The third-order valence-electron chi connectivity index (χ3n) is 3.45. The van der Waals surface area contributed by atoms with Gasteiger partial charge in [-0.3, -0.25) is 4.79 Å². The molecule has 0 saturated heterocycles. The number of carbonyl (C=O) groups excluding carboxylic acids is 1. The molecule has 1 aromatic rings. The summed E-state index contributed by atoms with van der Waals surface area (Å²) in [7, 11) is 0. The Kier molecular flexibility index (Phi) is 2.60. The second-order valence-electron chi connectivity index (χ2n) is 4.46. The molecule has 2 aliphatic carbocycles. The first kappa shape index (κ1) is 11.0. The van der Waals surface area contributed by atoms with E-state index in [0.29, 0.717) is 0 Å². The number of fused-ring (bicyclic) bond motifs is 3. The van der Waals surface area contributed by atoms with E-state index in [2.05, 4.69) is 24.8 Å². The molecule has 18 heavy (non-hydrogen) atoms. The fourth-order valence-corrected chi connectivity index (χ4v) is 2.67. The molecule has 0 saturated carbocycles. The van der Waals surface area contributed by atoms with Crippen molar-refractivity contribution < 1.29 is 4.79 Å². The number of allylic oxidation sites excluding steroid dienone is 7. The summed E-state index contributed by atoms with van der Waals surface area (Å²) in [5.41, 5.74) is 6.53. The zero-order valence-electron chi connectivity index (χ0n) is 10.0. The molecule has 0 atom stereocenters. The van der Waals surface area contributed by atoms with E-state index in [-0.39, 0.29) is 0 Å². The second kappa shape index (κ2) is 4.26. The predicted octanol–water partition coefficient (Wildman–Crippen LogP) is 3.45. The number of benzene rings is 1. The molecule has 1 aromatic carbocycles. The van der Waals surface area contributed by atoms with E-state index < -0.39 is 0 Å². The van der Waals surface area contributed by atoms with Crippen LogP contribution in [0.4, 0.5) is 0 Å². The highest BCUT2D eigenvalue weighted by atomic mass is 16.1. The lowest BCUT2D eigenvalue weighted by atomic mass is 9.87. The molecule has 0 N–H and O–H groups in total. The molecule has 0 spiro atoms. The minimum Gasteiger partial charge on any atom is -0.298 e. The van der Waals surface area contributed by atoms with Gasteiger partial charge in [-0.05, 0) is 34.3 Å². The number of hydrogen-bond donors (Lipinski definition) is 0. The molecule has 0 aliphatic heterocycles. The fourth-order valence-electron chi connectivity index (χ4n) is 2.67. The zero-order chi connectivity index (χ0) is 12.5. The maximum Gasteiger partial charge on any atom is 0.150 e. The Balaban J connectivity index is 2.27. The molecule has 1 heteroatoms. The minimum absolute atomic E-state index is 0.775. The van der Waals surface area contributed by atoms with Crippen LogP contribution in [0, 0.1) is 6.42 Å². The summed E-state index contributed by atoms with van der Waals surface area (Å²) < 4.78 is 0. The van der Waals surface area contributed by atoms with Crippen LogP contribution >= 0.6 is 0 Å². The van der Waals surface area contributed by atoms with Crippen LogP contribution < -0.4 is 0 Å². The van der Waals surface area contributed by atoms with Gasteiger partial charge in [0.25, 0.3) is 0 Å². The van der Waals surface area contributed by atoms with Gasteiger partial charge >= 0.3 is 0 Å². The summed E-state index contributed by atoms with van der Waals surface area (Å²) in [6.45, 7) is 3.70. The summed E-state index contributed by atoms with van der Waals surface area (Å²) in [5.74, 6) is 0. The average molecular weight is 233 g/mol. The molecule has 0 fully saturated rings. The van der Waals surface area contributed by atoms with Gasteiger partial charge < -0.3 is 0 Å². The largest absolute Gasteiger partial charge is 0.298 e. The monoisotopic (exact) mass is 233 g/mol. The number of hydrogen-bond acceptors (Lipinski definition) is 1. The molecule has 1 radical (unpaired) electrons. The van der Waals surface area contributed by atoms with Crippen LogP contribution in [0.3, 0.4) is 0 Å². The summed E-state index contributed by atoms with van der Waals surface area (Å²) in [6, 6.07) is 8.28. The van der Waals surface area contributed by atoms with E-state index in [4.69, 9.17) is 0 Å². The van der Waals surface area contributed by atoms with Gasteiger partial charge in [0, 0.05) is 12.0 Å². The van der Waals surface area contributed by atoms with E-state index in [0.717, 1.165) is 29.4 Å². The molecule has 87 valence electrons. The first-order valence-electron chi connectivity index (χ1n) is 6.00. The highest BCUT2D eigenvalue weighted by Crippen LogP contribution is 2.43. The number of aldehydes is 1. The Morgan fingerprint density at radius 1 is 1.22 bits per heavy atom. The van der Waals surface area contributed by atoms with E-state index in [1.54, 1.807) is 6.08 Å². The number of rotatable bonds is 2. The van der Waals surface area contributed by atoms with Crippen molar-refractivity contribution in [2.24, 2.45) is 0 Å². The lowest BCUT2D eigenvalue weighted by Crippen LogP contribution is -2.02. The molecular formula is C17H13O.